The molecule has 2 aromatic rings. The van der Waals surface area contributed by atoms with Crippen LogP contribution in [0.1, 0.15) is 22.3 Å². The first-order chi connectivity index (χ1) is 11.3. The van der Waals surface area contributed by atoms with Crippen LogP contribution in [0.2, 0.25) is 0 Å². The van der Waals surface area contributed by atoms with Crippen molar-refractivity contribution in [1.29, 1.82) is 0 Å². The number of anilines is 1. The molecule has 0 aromatic heterocycles. The number of hydrogen-bond donors (Lipinski definition) is 2. The third-order valence-electron chi connectivity index (χ3n) is 4.08. The molecule has 124 valence electrons. The molecule has 0 unspecified atom stereocenters. The van der Waals surface area contributed by atoms with Crippen LogP contribution < -0.4 is 10.0 Å². The van der Waals surface area contributed by atoms with Crippen LogP contribution in [0.25, 0.3) is 11.6 Å². The zero-order valence-corrected chi connectivity index (χ0v) is 14.5. The van der Waals surface area contributed by atoms with Gasteiger partial charge in [-0.2, -0.15) is 0 Å². The van der Waals surface area contributed by atoms with E-state index in [1.165, 1.54) is 19.2 Å². The van der Waals surface area contributed by atoms with Crippen LogP contribution in [-0.4, -0.2) is 21.4 Å². The number of rotatable bonds is 3. The highest BCUT2D eigenvalue weighted by Gasteiger charge is 2.26. The zero-order valence-electron chi connectivity index (χ0n) is 13.7. The highest BCUT2D eigenvalue weighted by atomic mass is 32.2. The maximum Gasteiger partial charge on any atom is 0.256 e. The summed E-state index contributed by atoms with van der Waals surface area (Å²) in [5.74, 6) is -0.232. The summed E-state index contributed by atoms with van der Waals surface area (Å²) in [7, 11) is -2.20. The molecule has 1 aliphatic rings. The van der Waals surface area contributed by atoms with E-state index in [2.05, 4.69) is 10.0 Å². The summed E-state index contributed by atoms with van der Waals surface area (Å²) in [5.41, 5.74) is 4.81. The first kappa shape index (κ1) is 16.4. The minimum absolute atomic E-state index is 0.131. The van der Waals surface area contributed by atoms with Gasteiger partial charge in [-0.3, -0.25) is 4.79 Å². The van der Waals surface area contributed by atoms with E-state index in [0.717, 1.165) is 16.7 Å². The minimum atomic E-state index is -3.56. The average molecular weight is 342 g/mol. The number of nitrogens with one attached hydrogen (secondary N) is 2. The largest absolute Gasteiger partial charge is 0.321 e. The van der Waals surface area contributed by atoms with E-state index < -0.39 is 10.0 Å². The Labute approximate surface area is 141 Å². The van der Waals surface area contributed by atoms with E-state index in [9.17, 15) is 13.2 Å². The third-order valence-corrected chi connectivity index (χ3v) is 5.49. The highest BCUT2D eigenvalue weighted by Crippen LogP contribution is 2.35. The Balaban J connectivity index is 2.14. The molecule has 24 heavy (non-hydrogen) atoms. The number of amides is 1. The van der Waals surface area contributed by atoms with E-state index in [0.29, 0.717) is 16.8 Å². The number of aryl methyl sites for hydroxylation is 2. The molecule has 0 saturated heterocycles. The lowest BCUT2D eigenvalue weighted by Gasteiger charge is -2.06. The molecule has 0 radical (unpaired) electrons. The fourth-order valence-electron chi connectivity index (χ4n) is 2.74. The van der Waals surface area contributed by atoms with Gasteiger partial charge in [0, 0.05) is 16.8 Å². The molecule has 0 spiro atoms. The van der Waals surface area contributed by atoms with Gasteiger partial charge in [-0.25, -0.2) is 13.1 Å². The van der Waals surface area contributed by atoms with Crippen LogP contribution in [0.4, 0.5) is 5.69 Å². The molecular weight excluding hydrogens is 324 g/mol. The summed E-state index contributed by atoms with van der Waals surface area (Å²) < 4.78 is 26.3. The second-order valence-corrected chi connectivity index (χ2v) is 7.67. The van der Waals surface area contributed by atoms with E-state index >= 15 is 0 Å². The molecule has 5 nitrogen and oxygen atoms in total. The average Bonchev–Trinajstić information content (AvgIpc) is 2.85. The monoisotopic (exact) mass is 342 g/mol. The topological polar surface area (TPSA) is 75.3 Å². The van der Waals surface area contributed by atoms with Crippen molar-refractivity contribution in [1.82, 2.24) is 4.72 Å². The molecule has 1 amide bonds. The van der Waals surface area contributed by atoms with Crippen molar-refractivity contribution < 1.29 is 13.2 Å². The Morgan fingerprint density at radius 3 is 2.50 bits per heavy atom. The van der Waals surface area contributed by atoms with Crippen LogP contribution >= 0.6 is 0 Å². The van der Waals surface area contributed by atoms with Crippen molar-refractivity contribution >= 4 is 33.3 Å². The van der Waals surface area contributed by atoms with Crippen molar-refractivity contribution in [2.24, 2.45) is 0 Å². The lowest BCUT2D eigenvalue weighted by Crippen LogP contribution is -2.18. The molecule has 0 saturated carbocycles. The number of fused-ring (bicyclic) bond motifs is 1. The number of carbonyl (C=O) groups excluding carboxylic acids is 1. The lowest BCUT2D eigenvalue weighted by molar-refractivity contribution is -0.110. The molecule has 0 bridgehead atoms. The second-order valence-electron chi connectivity index (χ2n) is 5.79. The van der Waals surface area contributed by atoms with Crippen LogP contribution in [0.3, 0.4) is 0 Å². The van der Waals surface area contributed by atoms with Crippen LogP contribution in [0, 0.1) is 13.8 Å². The quantitative estimate of drug-likeness (QED) is 0.842. The fraction of sp³-hybridized carbons (Fsp3) is 0.167. The van der Waals surface area contributed by atoms with Gasteiger partial charge in [-0.15, -0.1) is 0 Å². The van der Waals surface area contributed by atoms with Gasteiger partial charge in [0.1, 0.15) is 0 Å². The number of benzene rings is 2. The molecule has 0 fully saturated rings. The predicted octanol–water partition coefficient (Wildman–Crippen LogP) is 2.70. The minimum Gasteiger partial charge on any atom is -0.321 e. The Morgan fingerprint density at radius 1 is 1.08 bits per heavy atom. The zero-order chi connectivity index (χ0) is 17.5. The molecule has 0 aliphatic carbocycles. The van der Waals surface area contributed by atoms with Gasteiger partial charge in [-0.05, 0) is 56.3 Å². The van der Waals surface area contributed by atoms with E-state index in [-0.39, 0.29) is 10.8 Å². The summed E-state index contributed by atoms with van der Waals surface area (Å²) in [6.45, 7) is 3.99. The van der Waals surface area contributed by atoms with Crippen molar-refractivity contribution in [3.8, 4) is 0 Å². The van der Waals surface area contributed by atoms with Gasteiger partial charge < -0.3 is 5.32 Å². The summed E-state index contributed by atoms with van der Waals surface area (Å²) in [5, 5.41) is 2.77. The van der Waals surface area contributed by atoms with Gasteiger partial charge in [0.05, 0.1) is 4.90 Å². The van der Waals surface area contributed by atoms with Crippen molar-refractivity contribution in [3.05, 3.63) is 58.7 Å². The molecule has 2 aromatic carbocycles. The Morgan fingerprint density at radius 2 is 1.83 bits per heavy atom. The SMILES string of the molecule is CNS(=O)(=O)c1ccc2c(c1)C(=Cc1ccc(C)cc1C)C(=O)N2. The van der Waals surface area contributed by atoms with E-state index in [1.807, 2.05) is 32.0 Å². The van der Waals surface area contributed by atoms with Gasteiger partial charge in [0.2, 0.25) is 10.0 Å². The summed E-state index contributed by atoms with van der Waals surface area (Å²) >= 11 is 0. The van der Waals surface area contributed by atoms with Gasteiger partial charge >= 0.3 is 0 Å². The molecule has 6 heteroatoms. The predicted molar refractivity (Wildman–Crippen MR) is 95.1 cm³/mol. The molecular formula is C18H18N2O3S. The fourth-order valence-corrected chi connectivity index (χ4v) is 3.49. The molecule has 1 aliphatic heterocycles. The number of sulfonamides is 1. The number of carbonyl (C=O) groups is 1. The van der Waals surface area contributed by atoms with E-state index in [1.54, 1.807) is 12.1 Å². The Kier molecular flexibility index (Phi) is 4.03. The second kappa shape index (κ2) is 5.89. The third kappa shape index (κ3) is 2.86. The summed E-state index contributed by atoms with van der Waals surface area (Å²) in [6, 6.07) is 10.6. The van der Waals surface area contributed by atoms with Crippen LogP contribution in [0.5, 0.6) is 0 Å². The normalized spacial score (nSPS) is 15.5. The summed E-state index contributed by atoms with van der Waals surface area (Å²) in [4.78, 5) is 12.4. The lowest BCUT2D eigenvalue weighted by atomic mass is 10.00. The smallest absolute Gasteiger partial charge is 0.256 e. The van der Waals surface area contributed by atoms with Crippen molar-refractivity contribution in [3.63, 3.8) is 0 Å². The first-order valence-electron chi connectivity index (χ1n) is 7.50. The summed E-state index contributed by atoms with van der Waals surface area (Å²) in [6.07, 6.45) is 1.80. The standard InChI is InChI=1S/C18H18N2O3S/c1-11-4-5-13(12(2)8-11)9-16-15-10-14(24(22,23)19-3)6-7-17(15)20-18(16)21/h4-10,19H,1-3H3,(H,20,21). The number of hydrogen-bond acceptors (Lipinski definition) is 3. The van der Waals surface area contributed by atoms with Crippen LogP contribution in [-0.2, 0) is 14.8 Å². The van der Waals surface area contributed by atoms with Gasteiger partial charge in [0.25, 0.3) is 5.91 Å². The molecule has 3 rings (SSSR count). The molecule has 1 heterocycles. The highest BCUT2D eigenvalue weighted by molar-refractivity contribution is 7.89. The Bertz CT molecular complexity index is 976. The molecule has 0 atom stereocenters. The van der Waals surface area contributed by atoms with Crippen molar-refractivity contribution in [2.75, 3.05) is 12.4 Å². The van der Waals surface area contributed by atoms with E-state index in [4.69, 9.17) is 0 Å². The van der Waals surface area contributed by atoms with Crippen LogP contribution in [0.15, 0.2) is 41.3 Å². The first-order valence-corrected chi connectivity index (χ1v) is 8.98. The Hall–Kier alpha value is -2.44. The molecule has 2 N–H and O–H groups in total. The maximum atomic E-state index is 12.3. The van der Waals surface area contributed by atoms with Gasteiger partial charge in [-0.1, -0.05) is 23.8 Å². The van der Waals surface area contributed by atoms with Gasteiger partial charge in [0.15, 0.2) is 0 Å². The maximum absolute atomic E-state index is 12.3. The van der Waals surface area contributed by atoms with Crippen molar-refractivity contribution in [2.45, 2.75) is 18.7 Å².